The van der Waals surface area contributed by atoms with Gasteiger partial charge in [0.15, 0.2) is 17.7 Å². The summed E-state index contributed by atoms with van der Waals surface area (Å²) in [7, 11) is 0. The van der Waals surface area contributed by atoms with Crippen LogP contribution >= 0.6 is 11.8 Å². The van der Waals surface area contributed by atoms with Gasteiger partial charge in [-0.2, -0.15) is 17.0 Å². The van der Waals surface area contributed by atoms with E-state index in [1.54, 1.807) is 16.3 Å². The number of thioether (sulfide) groups is 1. The number of anilines is 1. The molecule has 3 rings (SSSR count). The summed E-state index contributed by atoms with van der Waals surface area (Å²) >= 11 is 1.58. The van der Waals surface area contributed by atoms with E-state index in [2.05, 4.69) is 15.0 Å². The summed E-state index contributed by atoms with van der Waals surface area (Å²) in [5, 5.41) is 29.3. The highest BCUT2D eigenvalue weighted by Crippen LogP contribution is 2.33. The lowest BCUT2D eigenvalue weighted by Gasteiger charge is -2.16. The van der Waals surface area contributed by atoms with Crippen molar-refractivity contribution in [3.8, 4) is 6.07 Å². The third-order valence-electron chi connectivity index (χ3n) is 4.25. The second kappa shape index (κ2) is 8.15. The van der Waals surface area contributed by atoms with E-state index in [1.807, 2.05) is 6.07 Å². The quantitative estimate of drug-likeness (QED) is 0.455. The van der Waals surface area contributed by atoms with Crippen LogP contribution < -0.4 is 11.5 Å². The van der Waals surface area contributed by atoms with E-state index >= 15 is 0 Å². The summed E-state index contributed by atoms with van der Waals surface area (Å²) in [6, 6.07) is 1.55. The molecule has 1 saturated heterocycles. The van der Waals surface area contributed by atoms with Gasteiger partial charge in [-0.05, 0) is 18.6 Å². The minimum atomic E-state index is -1.11. The largest absolute Gasteiger partial charge is 0.387 e. The molecule has 3 heterocycles. The second-order valence-corrected chi connectivity index (χ2v) is 7.23. The zero-order chi connectivity index (χ0) is 18.7. The Morgan fingerprint density at radius 3 is 2.92 bits per heavy atom. The van der Waals surface area contributed by atoms with Crippen molar-refractivity contribution in [3.05, 3.63) is 12.7 Å². The van der Waals surface area contributed by atoms with Crippen molar-refractivity contribution < 1.29 is 14.9 Å². The lowest BCUT2D eigenvalue weighted by Crippen LogP contribution is -2.32. The number of nitrogens with two attached hydrogens (primary N) is 2. The summed E-state index contributed by atoms with van der Waals surface area (Å²) in [4.78, 5) is 12.2. The molecule has 0 aliphatic carbocycles. The maximum absolute atomic E-state index is 10.4. The molecule has 2 aromatic rings. The van der Waals surface area contributed by atoms with Gasteiger partial charge in [0.2, 0.25) is 0 Å². The number of aromatic nitrogens is 4. The van der Waals surface area contributed by atoms with Crippen molar-refractivity contribution in [1.29, 1.82) is 5.26 Å². The lowest BCUT2D eigenvalue weighted by atomic mass is 10.1. The van der Waals surface area contributed by atoms with Crippen LogP contribution in [0.3, 0.4) is 0 Å². The molecule has 1 aliphatic heterocycles. The van der Waals surface area contributed by atoms with E-state index < -0.39 is 30.6 Å². The maximum atomic E-state index is 10.4. The van der Waals surface area contributed by atoms with Crippen LogP contribution in [-0.2, 0) is 4.74 Å². The van der Waals surface area contributed by atoms with Crippen LogP contribution in [0.5, 0.6) is 0 Å². The number of ether oxygens (including phenoxy) is 1. The highest BCUT2D eigenvalue weighted by molar-refractivity contribution is 7.99. The lowest BCUT2D eigenvalue weighted by molar-refractivity contribution is -0.0289. The zero-order valence-electron chi connectivity index (χ0n) is 14.0. The van der Waals surface area contributed by atoms with Gasteiger partial charge in [-0.3, -0.25) is 4.57 Å². The summed E-state index contributed by atoms with van der Waals surface area (Å²) in [5.41, 5.74) is 12.2. The molecule has 5 atom stereocenters. The average molecular weight is 379 g/mol. The minimum Gasteiger partial charge on any atom is -0.387 e. The number of nitriles is 1. The van der Waals surface area contributed by atoms with Crippen LogP contribution in [0.25, 0.3) is 11.2 Å². The number of nitrogens with zero attached hydrogens (tertiary/aromatic N) is 5. The van der Waals surface area contributed by atoms with Crippen LogP contribution in [0, 0.1) is 11.3 Å². The summed E-state index contributed by atoms with van der Waals surface area (Å²) in [6.07, 6.45) is 0.749. The fourth-order valence-corrected chi connectivity index (χ4v) is 3.87. The molecule has 1 aliphatic rings. The third kappa shape index (κ3) is 3.74. The fraction of sp³-hybridized carbons (Fsp3) is 0.600. The molecule has 10 nitrogen and oxygen atoms in total. The Bertz CT molecular complexity index is 795. The van der Waals surface area contributed by atoms with E-state index in [-0.39, 0.29) is 5.82 Å². The Morgan fingerprint density at radius 1 is 1.35 bits per heavy atom. The fourth-order valence-electron chi connectivity index (χ4n) is 2.82. The first-order chi connectivity index (χ1) is 12.5. The van der Waals surface area contributed by atoms with Crippen LogP contribution in [0.2, 0.25) is 0 Å². The molecular weight excluding hydrogens is 358 g/mol. The minimum absolute atomic E-state index is 0.240. The normalized spacial score (nSPS) is 26.8. The Balaban J connectivity index is 1.61. The van der Waals surface area contributed by atoms with Crippen LogP contribution in [0.4, 0.5) is 5.82 Å². The van der Waals surface area contributed by atoms with Crippen molar-refractivity contribution in [3.63, 3.8) is 0 Å². The van der Waals surface area contributed by atoms with Crippen molar-refractivity contribution in [2.75, 3.05) is 17.2 Å². The molecule has 26 heavy (non-hydrogen) atoms. The van der Waals surface area contributed by atoms with E-state index in [0.717, 1.165) is 12.2 Å². The van der Waals surface area contributed by atoms with Crippen molar-refractivity contribution in [2.45, 2.75) is 43.4 Å². The highest BCUT2D eigenvalue weighted by Gasteiger charge is 2.44. The van der Waals surface area contributed by atoms with Crippen molar-refractivity contribution in [1.82, 2.24) is 19.5 Å². The molecule has 6 N–H and O–H groups in total. The first kappa shape index (κ1) is 18.8. The van der Waals surface area contributed by atoms with E-state index in [0.29, 0.717) is 23.3 Å². The Hall–Kier alpha value is -1.97. The van der Waals surface area contributed by atoms with Crippen molar-refractivity contribution in [2.24, 2.45) is 5.73 Å². The molecule has 0 spiro atoms. The number of hydrogen-bond donors (Lipinski definition) is 4. The van der Waals surface area contributed by atoms with Gasteiger partial charge in [-0.15, -0.1) is 0 Å². The number of hydrogen-bond acceptors (Lipinski definition) is 10. The first-order valence-electron chi connectivity index (χ1n) is 8.20. The molecule has 1 unspecified atom stereocenters. The van der Waals surface area contributed by atoms with E-state index in [4.69, 9.17) is 21.5 Å². The van der Waals surface area contributed by atoms with Gasteiger partial charge in [-0.1, -0.05) is 0 Å². The van der Waals surface area contributed by atoms with E-state index in [1.165, 1.54) is 12.7 Å². The van der Waals surface area contributed by atoms with Gasteiger partial charge >= 0.3 is 0 Å². The zero-order valence-corrected chi connectivity index (χ0v) is 14.8. The standard InChI is InChI=1S/C15H21N7O3S/c16-4-8(17)2-1-3-26-5-9-11(23)12(24)15(25-9)22-7-21-10-13(18)19-6-20-14(10)22/h6-9,11-12,15,23-24H,1-3,5,17H2,(H2,18,19,20)/t8?,9-,11-,12-,15-/m1/s1. The summed E-state index contributed by atoms with van der Waals surface area (Å²) in [5.74, 6) is 1.55. The Kier molecular flexibility index (Phi) is 5.90. The topological polar surface area (TPSA) is 169 Å². The summed E-state index contributed by atoms with van der Waals surface area (Å²) < 4.78 is 7.40. The number of aliphatic hydroxyl groups excluding tert-OH is 2. The molecule has 0 aromatic carbocycles. The monoisotopic (exact) mass is 379 g/mol. The number of imidazole rings is 1. The van der Waals surface area contributed by atoms with Crippen LogP contribution in [0.1, 0.15) is 19.1 Å². The van der Waals surface area contributed by atoms with Crippen LogP contribution in [-0.4, -0.2) is 65.6 Å². The highest BCUT2D eigenvalue weighted by atomic mass is 32.2. The van der Waals surface area contributed by atoms with Gasteiger partial charge < -0.3 is 26.4 Å². The molecule has 0 amide bonds. The Morgan fingerprint density at radius 2 is 2.15 bits per heavy atom. The van der Waals surface area contributed by atoms with Gasteiger partial charge in [0, 0.05) is 5.75 Å². The average Bonchev–Trinajstić information content (AvgIpc) is 3.18. The number of nitrogen functional groups attached to an aromatic ring is 1. The molecule has 1 fully saturated rings. The molecule has 140 valence electrons. The molecule has 11 heteroatoms. The smallest absolute Gasteiger partial charge is 0.167 e. The molecule has 0 saturated carbocycles. The van der Waals surface area contributed by atoms with Gasteiger partial charge in [0.25, 0.3) is 0 Å². The van der Waals surface area contributed by atoms with Crippen molar-refractivity contribution >= 4 is 28.7 Å². The Labute approximate surface area is 154 Å². The van der Waals surface area contributed by atoms with Gasteiger partial charge in [0.1, 0.15) is 24.1 Å². The van der Waals surface area contributed by atoms with Gasteiger partial charge in [0.05, 0.1) is 24.5 Å². The number of fused-ring (bicyclic) bond motifs is 1. The number of aliphatic hydroxyl groups is 2. The van der Waals surface area contributed by atoms with Gasteiger partial charge in [-0.25, -0.2) is 15.0 Å². The second-order valence-electron chi connectivity index (χ2n) is 6.08. The van der Waals surface area contributed by atoms with E-state index in [9.17, 15) is 10.2 Å². The molecule has 2 aromatic heterocycles. The maximum Gasteiger partial charge on any atom is 0.167 e. The predicted molar refractivity (Wildman–Crippen MR) is 95.8 cm³/mol. The summed E-state index contributed by atoms with van der Waals surface area (Å²) in [6.45, 7) is 0. The SMILES string of the molecule is N#CC(N)CCCSC[C@H]1O[C@@H](n2cnc3c(N)ncnc32)[C@H](O)[C@@H]1O. The molecule has 0 radical (unpaired) electrons. The predicted octanol–water partition coefficient (Wildman–Crippen LogP) is -0.608. The van der Waals surface area contributed by atoms with Crippen LogP contribution in [0.15, 0.2) is 12.7 Å². The number of rotatable bonds is 7. The molecular formula is C15H21N7O3S. The first-order valence-corrected chi connectivity index (χ1v) is 9.36. The third-order valence-corrected chi connectivity index (χ3v) is 5.39. The molecule has 0 bridgehead atoms.